The zero-order valence-corrected chi connectivity index (χ0v) is 26.8. The molecule has 6 fully saturated rings. The van der Waals surface area contributed by atoms with Crippen LogP contribution in [0.2, 0.25) is 0 Å². The van der Waals surface area contributed by atoms with Crippen molar-refractivity contribution in [3.63, 3.8) is 0 Å². The van der Waals surface area contributed by atoms with Crippen molar-refractivity contribution < 1.29 is 34.0 Å². The lowest BCUT2D eigenvalue weighted by Gasteiger charge is -2.64. The molecule has 7 heteroatoms. The minimum atomic E-state index is -0.921. The lowest BCUT2D eigenvalue weighted by molar-refractivity contribution is -0.224. The SMILES string of the molecule is CC(=O)O[C@H]1CC2C3(CC[C@]4(C)[C@@H]([C@@]5(C)CC[C@@H](C(C)(C)O)O5)[C@@H](O)C[C@@]24C)CC32CC[C@H](OC(C)=O)C(C)(C)[C@H]12. The van der Waals surface area contributed by atoms with Crippen LogP contribution in [-0.4, -0.2) is 57.8 Å². The first-order valence-corrected chi connectivity index (χ1v) is 16.2. The van der Waals surface area contributed by atoms with Crippen molar-refractivity contribution in [2.45, 2.75) is 156 Å². The van der Waals surface area contributed by atoms with Gasteiger partial charge in [-0.2, -0.15) is 0 Å². The van der Waals surface area contributed by atoms with Crippen molar-refractivity contribution in [1.29, 1.82) is 0 Å². The Labute approximate surface area is 246 Å². The Kier molecular flexibility index (Phi) is 6.35. The number of carbonyl (C=O) groups is 2. The Morgan fingerprint density at radius 1 is 0.854 bits per heavy atom. The molecule has 0 amide bonds. The van der Waals surface area contributed by atoms with Crippen LogP contribution in [0.4, 0.5) is 0 Å². The highest BCUT2D eigenvalue weighted by molar-refractivity contribution is 5.67. The van der Waals surface area contributed by atoms with E-state index >= 15 is 0 Å². The predicted octanol–water partition coefficient (Wildman–Crippen LogP) is 5.58. The summed E-state index contributed by atoms with van der Waals surface area (Å²) >= 11 is 0. The van der Waals surface area contributed by atoms with Gasteiger partial charge in [-0.25, -0.2) is 0 Å². The number of ether oxygens (including phenoxy) is 3. The highest BCUT2D eigenvalue weighted by Crippen LogP contribution is 2.89. The molecule has 0 aromatic heterocycles. The van der Waals surface area contributed by atoms with Crippen LogP contribution in [-0.2, 0) is 23.8 Å². The van der Waals surface area contributed by atoms with Crippen LogP contribution in [0.5, 0.6) is 0 Å². The molecule has 0 bridgehead atoms. The fourth-order valence-corrected chi connectivity index (χ4v) is 12.8. The molecule has 2 spiro atoms. The monoisotopic (exact) mass is 574 g/mol. The minimum absolute atomic E-state index is 0.0274. The Morgan fingerprint density at radius 2 is 1.51 bits per heavy atom. The average molecular weight is 575 g/mol. The van der Waals surface area contributed by atoms with Crippen LogP contribution < -0.4 is 0 Å². The second-order valence-electron chi connectivity index (χ2n) is 17.1. The third-order valence-electron chi connectivity index (χ3n) is 14.3. The van der Waals surface area contributed by atoms with Gasteiger partial charge >= 0.3 is 11.9 Å². The third-order valence-corrected chi connectivity index (χ3v) is 14.3. The first-order valence-electron chi connectivity index (χ1n) is 16.2. The van der Waals surface area contributed by atoms with Gasteiger partial charge in [0.05, 0.1) is 23.4 Å². The number of aliphatic hydroxyl groups is 2. The number of hydrogen-bond donors (Lipinski definition) is 2. The Morgan fingerprint density at radius 3 is 2.10 bits per heavy atom. The summed E-state index contributed by atoms with van der Waals surface area (Å²) in [5, 5.41) is 22.7. The van der Waals surface area contributed by atoms with Gasteiger partial charge in [0, 0.05) is 31.1 Å². The van der Waals surface area contributed by atoms with Gasteiger partial charge in [-0.1, -0.05) is 27.7 Å². The maximum Gasteiger partial charge on any atom is 0.302 e. The van der Waals surface area contributed by atoms with Gasteiger partial charge in [-0.05, 0) is 106 Å². The fraction of sp³-hybridized carbons (Fsp3) is 0.941. The number of carbonyl (C=O) groups excluding carboxylic acids is 2. The molecule has 0 aromatic rings. The largest absolute Gasteiger partial charge is 0.462 e. The van der Waals surface area contributed by atoms with E-state index in [1.54, 1.807) is 0 Å². The molecular formula is C34H54O7. The lowest BCUT2D eigenvalue weighted by Crippen LogP contribution is -2.63. The smallest absolute Gasteiger partial charge is 0.302 e. The molecule has 1 aliphatic heterocycles. The highest BCUT2D eigenvalue weighted by Gasteiger charge is 2.85. The van der Waals surface area contributed by atoms with E-state index in [4.69, 9.17) is 14.2 Å². The number of hydrogen-bond acceptors (Lipinski definition) is 7. The standard InChI is InChI=1S/C34H54O7/c1-19(35)39-22-16-23-31(8)17-21(37)26(32(9)12-10-25(41-32)29(5,6)38)30(31,7)14-15-33(23)18-34(33)13-11-24(40-20(2)36)28(3,4)27(22)34/h21-27,37-38H,10-18H2,1-9H3/t21-,22-,23?,24-,25-,26-,27-,30+,31-,32+,33?,34?/m0/s1. The van der Waals surface area contributed by atoms with E-state index < -0.39 is 17.3 Å². The molecule has 7 nitrogen and oxygen atoms in total. The Balaban J connectivity index is 1.38. The number of rotatable bonds is 4. The Hall–Kier alpha value is -1.18. The van der Waals surface area contributed by atoms with Crippen molar-refractivity contribution in [1.82, 2.24) is 0 Å². The molecule has 5 saturated carbocycles. The molecular weight excluding hydrogens is 520 g/mol. The van der Waals surface area contributed by atoms with E-state index in [-0.39, 0.29) is 69.2 Å². The van der Waals surface area contributed by atoms with Crippen LogP contribution >= 0.6 is 0 Å². The first kappa shape index (κ1) is 29.9. The van der Waals surface area contributed by atoms with Crippen molar-refractivity contribution >= 4 is 11.9 Å². The van der Waals surface area contributed by atoms with E-state index in [1.807, 2.05) is 13.8 Å². The normalized spacial score (nSPS) is 53.4. The summed E-state index contributed by atoms with van der Waals surface area (Å²) in [7, 11) is 0. The molecule has 5 aliphatic carbocycles. The average Bonchev–Trinajstić information content (AvgIpc) is 3.18. The molecule has 6 rings (SSSR count). The van der Waals surface area contributed by atoms with Crippen LogP contribution in [0.25, 0.3) is 0 Å². The van der Waals surface area contributed by atoms with Crippen molar-refractivity contribution in [2.75, 3.05) is 0 Å². The zero-order valence-electron chi connectivity index (χ0n) is 26.8. The molecule has 0 radical (unpaired) electrons. The summed E-state index contributed by atoms with van der Waals surface area (Å²) in [6.07, 6.45) is 7.08. The fourth-order valence-electron chi connectivity index (χ4n) is 12.8. The van der Waals surface area contributed by atoms with Crippen molar-refractivity contribution in [3.05, 3.63) is 0 Å². The van der Waals surface area contributed by atoms with Crippen molar-refractivity contribution in [3.8, 4) is 0 Å². The van der Waals surface area contributed by atoms with Gasteiger partial charge in [0.2, 0.25) is 0 Å². The zero-order chi connectivity index (χ0) is 30.2. The predicted molar refractivity (Wildman–Crippen MR) is 154 cm³/mol. The van der Waals surface area contributed by atoms with Gasteiger partial charge < -0.3 is 24.4 Å². The topological polar surface area (TPSA) is 102 Å². The van der Waals surface area contributed by atoms with Crippen LogP contribution in [0.15, 0.2) is 0 Å². The second-order valence-corrected chi connectivity index (χ2v) is 17.1. The molecule has 12 atom stereocenters. The van der Waals surface area contributed by atoms with Crippen molar-refractivity contribution in [2.24, 2.45) is 44.8 Å². The molecule has 1 heterocycles. The van der Waals surface area contributed by atoms with Crippen LogP contribution in [0.3, 0.4) is 0 Å². The summed E-state index contributed by atoms with van der Waals surface area (Å²) in [4.78, 5) is 24.6. The minimum Gasteiger partial charge on any atom is -0.462 e. The summed E-state index contributed by atoms with van der Waals surface area (Å²) in [6.45, 7) is 18.1. The van der Waals surface area contributed by atoms with Gasteiger partial charge in [-0.3, -0.25) is 9.59 Å². The molecule has 232 valence electrons. The summed E-state index contributed by atoms with van der Waals surface area (Å²) in [5.74, 6) is -0.0675. The third kappa shape index (κ3) is 3.79. The van der Waals surface area contributed by atoms with Gasteiger partial charge in [-0.15, -0.1) is 0 Å². The van der Waals surface area contributed by atoms with E-state index in [0.29, 0.717) is 5.92 Å². The maximum absolute atomic E-state index is 12.6. The molecule has 1 saturated heterocycles. The molecule has 2 N–H and O–H groups in total. The summed E-state index contributed by atoms with van der Waals surface area (Å²) < 4.78 is 18.8. The number of esters is 2. The summed E-state index contributed by atoms with van der Waals surface area (Å²) in [6, 6.07) is 0. The molecule has 6 aliphatic rings. The van der Waals surface area contributed by atoms with Crippen LogP contribution in [0.1, 0.15) is 120 Å². The molecule has 0 aromatic carbocycles. The van der Waals surface area contributed by atoms with Gasteiger partial charge in [0.15, 0.2) is 0 Å². The van der Waals surface area contributed by atoms with Gasteiger partial charge in [0.1, 0.15) is 12.2 Å². The molecule has 41 heavy (non-hydrogen) atoms. The maximum atomic E-state index is 12.6. The number of aliphatic hydroxyl groups excluding tert-OH is 1. The molecule has 3 unspecified atom stereocenters. The highest BCUT2D eigenvalue weighted by atomic mass is 16.6. The van der Waals surface area contributed by atoms with E-state index in [1.165, 1.54) is 13.8 Å². The van der Waals surface area contributed by atoms with Crippen LogP contribution in [0, 0.1) is 44.8 Å². The summed E-state index contributed by atoms with van der Waals surface area (Å²) in [5.41, 5.74) is -1.80. The van der Waals surface area contributed by atoms with E-state index in [0.717, 1.165) is 57.8 Å². The second kappa shape index (κ2) is 8.72. The lowest BCUT2D eigenvalue weighted by atomic mass is 9.41. The van der Waals surface area contributed by atoms with E-state index in [2.05, 4.69) is 34.6 Å². The van der Waals surface area contributed by atoms with Gasteiger partial charge in [0.25, 0.3) is 0 Å². The first-order chi connectivity index (χ1) is 18.8. The Bertz CT molecular complexity index is 1130. The quantitative estimate of drug-likeness (QED) is 0.423. The van der Waals surface area contributed by atoms with E-state index in [9.17, 15) is 19.8 Å². The number of fused-ring (bicyclic) bond motifs is 2.